The molecule has 1 unspecified atom stereocenters. The maximum Gasteiger partial charge on any atom is 0.126 e. The van der Waals surface area contributed by atoms with Crippen molar-refractivity contribution in [1.82, 2.24) is 5.43 Å². The Kier molecular flexibility index (Phi) is 6.23. The van der Waals surface area contributed by atoms with Crippen LogP contribution >= 0.6 is 27.7 Å². The van der Waals surface area contributed by atoms with Crippen LogP contribution in [0.15, 0.2) is 51.8 Å². The van der Waals surface area contributed by atoms with E-state index in [1.54, 1.807) is 23.9 Å². The van der Waals surface area contributed by atoms with Gasteiger partial charge in [0.2, 0.25) is 0 Å². The Morgan fingerprint density at radius 2 is 2.05 bits per heavy atom. The molecule has 2 rings (SSSR count). The van der Waals surface area contributed by atoms with Crippen LogP contribution in [0.2, 0.25) is 0 Å². The molecule has 112 valence electrons. The fraction of sp³-hybridized carbons (Fsp3) is 0.250. The van der Waals surface area contributed by atoms with Gasteiger partial charge in [0.05, 0.1) is 0 Å². The minimum Gasteiger partial charge on any atom is -0.271 e. The summed E-state index contributed by atoms with van der Waals surface area (Å²) in [5.74, 6) is 6.20. The number of hydrogen-bond donors (Lipinski definition) is 2. The Hall–Kier alpha value is -0.880. The largest absolute Gasteiger partial charge is 0.271 e. The third-order valence-corrected chi connectivity index (χ3v) is 5.07. The molecular formula is C16H18BrFN2S. The lowest BCUT2D eigenvalue weighted by atomic mass is 10.1. The van der Waals surface area contributed by atoms with E-state index in [1.165, 1.54) is 16.5 Å². The van der Waals surface area contributed by atoms with Crippen molar-refractivity contribution in [2.75, 3.05) is 5.75 Å². The van der Waals surface area contributed by atoms with Gasteiger partial charge in [-0.15, -0.1) is 11.8 Å². The van der Waals surface area contributed by atoms with E-state index < -0.39 is 0 Å². The molecule has 0 aromatic heterocycles. The summed E-state index contributed by atoms with van der Waals surface area (Å²) in [4.78, 5) is 1.23. The molecule has 0 heterocycles. The predicted octanol–water partition coefficient (Wildman–Crippen LogP) is 4.06. The SMILES string of the molecule is Cc1ccccc1SCC(Cc1cc(Br)ccc1F)NN. The highest BCUT2D eigenvalue weighted by atomic mass is 79.9. The zero-order valence-electron chi connectivity index (χ0n) is 11.8. The highest BCUT2D eigenvalue weighted by Gasteiger charge is 2.12. The molecule has 0 saturated heterocycles. The van der Waals surface area contributed by atoms with Crippen molar-refractivity contribution >= 4 is 27.7 Å². The lowest BCUT2D eigenvalue weighted by molar-refractivity contribution is 0.546. The maximum atomic E-state index is 13.8. The van der Waals surface area contributed by atoms with Crippen molar-refractivity contribution in [2.45, 2.75) is 24.3 Å². The Morgan fingerprint density at radius 1 is 1.29 bits per heavy atom. The van der Waals surface area contributed by atoms with Gasteiger partial charge in [0.1, 0.15) is 5.82 Å². The molecule has 5 heteroatoms. The Morgan fingerprint density at radius 3 is 2.76 bits per heavy atom. The smallest absolute Gasteiger partial charge is 0.126 e. The monoisotopic (exact) mass is 368 g/mol. The Labute approximate surface area is 137 Å². The molecule has 1 atom stereocenters. The second kappa shape index (κ2) is 7.94. The summed E-state index contributed by atoms with van der Waals surface area (Å²) < 4.78 is 14.7. The van der Waals surface area contributed by atoms with E-state index in [9.17, 15) is 4.39 Å². The zero-order valence-corrected chi connectivity index (χ0v) is 14.2. The van der Waals surface area contributed by atoms with Gasteiger partial charge in [-0.3, -0.25) is 11.3 Å². The Balaban J connectivity index is 2.00. The normalized spacial score (nSPS) is 12.4. The number of hydrazine groups is 1. The molecule has 2 aromatic rings. The Bertz CT molecular complexity index is 607. The number of aryl methyl sites for hydroxylation is 1. The summed E-state index contributed by atoms with van der Waals surface area (Å²) in [6, 6.07) is 13.2. The van der Waals surface area contributed by atoms with Crippen LogP contribution in [0, 0.1) is 12.7 Å². The van der Waals surface area contributed by atoms with Crippen molar-refractivity contribution in [3.8, 4) is 0 Å². The van der Waals surface area contributed by atoms with Gasteiger partial charge in [0, 0.05) is 21.2 Å². The number of benzene rings is 2. The summed E-state index contributed by atoms with van der Waals surface area (Å²) in [7, 11) is 0. The fourth-order valence-corrected chi connectivity index (χ4v) is 3.51. The van der Waals surface area contributed by atoms with E-state index in [1.807, 2.05) is 12.1 Å². The zero-order chi connectivity index (χ0) is 15.2. The number of nitrogens with two attached hydrogens (primary N) is 1. The third kappa shape index (κ3) is 4.81. The molecular weight excluding hydrogens is 351 g/mol. The lowest BCUT2D eigenvalue weighted by Crippen LogP contribution is -2.38. The molecule has 0 aliphatic heterocycles. The second-order valence-electron chi connectivity index (χ2n) is 4.88. The van der Waals surface area contributed by atoms with Crippen LogP contribution in [-0.4, -0.2) is 11.8 Å². The molecule has 0 bridgehead atoms. The molecule has 0 amide bonds. The summed E-state index contributed by atoms with van der Waals surface area (Å²) >= 11 is 5.10. The first-order valence-electron chi connectivity index (χ1n) is 6.68. The van der Waals surface area contributed by atoms with Crippen molar-refractivity contribution in [3.63, 3.8) is 0 Å². The highest BCUT2D eigenvalue weighted by Crippen LogP contribution is 2.24. The minimum absolute atomic E-state index is 0.0124. The lowest BCUT2D eigenvalue weighted by Gasteiger charge is -2.17. The fourth-order valence-electron chi connectivity index (χ4n) is 2.04. The molecule has 0 saturated carbocycles. The molecule has 0 radical (unpaired) electrons. The van der Waals surface area contributed by atoms with Crippen molar-refractivity contribution < 1.29 is 4.39 Å². The topological polar surface area (TPSA) is 38.0 Å². The van der Waals surface area contributed by atoms with Crippen molar-refractivity contribution in [3.05, 3.63) is 63.9 Å². The van der Waals surface area contributed by atoms with Gasteiger partial charge < -0.3 is 0 Å². The van der Waals surface area contributed by atoms with Crippen LogP contribution in [0.4, 0.5) is 4.39 Å². The van der Waals surface area contributed by atoms with Gasteiger partial charge in [-0.1, -0.05) is 34.1 Å². The van der Waals surface area contributed by atoms with Crippen LogP contribution in [0.5, 0.6) is 0 Å². The van der Waals surface area contributed by atoms with Gasteiger partial charge in [0.15, 0.2) is 0 Å². The quantitative estimate of drug-likeness (QED) is 0.458. The van der Waals surface area contributed by atoms with E-state index in [4.69, 9.17) is 5.84 Å². The van der Waals surface area contributed by atoms with Crippen LogP contribution < -0.4 is 11.3 Å². The van der Waals surface area contributed by atoms with Crippen molar-refractivity contribution in [1.29, 1.82) is 0 Å². The molecule has 0 fully saturated rings. The number of nitrogens with one attached hydrogen (secondary N) is 1. The average molecular weight is 369 g/mol. The minimum atomic E-state index is -0.195. The van der Waals surface area contributed by atoms with E-state index in [-0.39, 0.29) is 11.9 Å². The molecule has 0 spiro atoms. The van der Waals surface area contributed by atoms with E-state index in [0.29, 0.717) is 12.0 Å². The first kappa shape index (κ1) is 16.5. The molecule has 2 nitrogen and oxygen atoms in total. The summed E-state index contributed by atoms with van der Waals surface area (Å²) in [6.07, 6.45) is 0.556. The van der Waals surface area contributed by atoms with Gasteiger partial charge in [-0.25, -0.2) is 4.39 Å². The van der Waals surface area contributed by atoms with Crippen LogP contribution in [-0.2, 0) is 6.42 Å². The van der Waals surface area contributed by atoms with E-state index >= 15 is 0 Å². The van der Waals surface area contributed by atoms with E-state index in [0.717, 1.165) is 10.2 Å². The van der Waals surface area contributed by atoms with Gasteiger partial charge in [-0.2, -0.15) is 0 Å². The van der Waals surface area contributed by atoms with Gasteiger partial charge in [-0.05, 0) is 48.7 Å². The van der Waals surface area contributed by atoms with Crippen LogP contribution in [0.1, 0.15) is 11.1 Å². The van der Waals surface area contributed by atoms with Crippen molar-refractivity contribution in [2.24, 2.45) is 5.84 Å². The van der Waals surface area contributed by atoms with E-state index in [2.05, 4.69) is 40.4 Å². The highest BCUT2D eigenvalue weighted by molar-refractivity contribution is 9.10. The standard InChI is InChI=1S/C16H18BrFN2S/c1-11-4-2-3-5-16(11)21-10-14(20-19)9-12-8-13(17)6-7-15(12)18/h2-8,14,20H,9-10,19H2,1H3. The molecule has 21 heavy (non-hydrogen) atoms. The summed E-state index contributed by atoms with van der Waals surface area (Å²) in [5.41, 5.74) is 4.69. The molecule has 0 aliphatic carbocycles. The number of hydrogen-bond acceptors (Lipinski definition) is 3. The summed E-state index contributed by atoms with van der Waals surface area (Å²) in [5, 5.41) is 0. The average Bonchev–Trinajstić information content (AvgIpc) is 2.48. The number of thioether (sulfide) groups is 1. The number of halogens is 2. The molecule has 2 aromatic carbocycles. The van der Waals surface area contributed by atoms with Gasteiger partial charge >= 0.3 is 0 Å². The third-order valence-electron chi connectivity index (χ3n) is 3.24. The molecule has 0 aliphatic rings. The maximum absolute atomic E-state index is 13.8. The number of rotatable bonds is 6. The first-order valence-corrected chi connectivity index (χ1v) is 8.46. The van der Waals surface area contributed by atoms with Crippen LogP contribution in [0.25, 0.3) is 0 Å². The molecule has 3 N–H and O–H groups in total. The van der Waals surface area contributed by atoms with Crippen LogP contribution in [0.3, 0.4) is 0 Å². The predicted molar refractivity (Wildman–Crippen MR) is 90.8 cm³/mol. The summed E-state index contributed by atoms with van der Waals surface area (Å²) in [6.45, 7) is 2.08. The van der Waals surface area contributed by atoms with Gasteiger partial charge in [0.25, 0.3) is 0 Å². The second-order valence-corrected chi connectivity index (χ2v) is 6.86. The first-order chi connectivity index (χ1) is 10.1.